The molecule has 28 heavy (non-hydrogen) atoms. The maximum Gasteiger partial charge on any atom is 0.138 e. The summed E-state index contributed by atoms with van der Waals surface area (Å²) in [5.41, 5.74) is 3.96. The van der Waals surface area contributed by atoms with E-state index in [1.165, 1.54) is 12.1 Å². The number of carboxylic acid groups (broad SMARTS) is 1. The fraction of sp³-hybridized carbons (Fsp3) is 0. The average molecular weight is 408 g/mol. The number of H-pyrrole nitrogens is 1. The molecule has 138 valence electrons. The van der Waals surface area contributed by atoms with E-state index in [-0.39, 0.29) is 5.56 Å². The first-order valence-electron chi connectivity index (χ1n) is 8.46. The van der Waals surface area contributed by atoms with Crippen LogP contribution < -0.4 is 5.11 Å². The van der Waals surface area contributed by atoms with Gasteiger partial charge in [-0.25, -0.2) is 4.98 Å². The molecule has 0 bridgehead atoms. The highest BCUT2D eigenvalue weighted by Gasteiger charge is 2.18. The Morgan fingerprint density at radius 3 is 2.25 bits per heavy atom. The van der Waals surface area contributed by atoms with Crippen LogP contribution in [-0.2, 0) is 0 Å². The van der Waals surface area contributed by atoms with E-state index in [9.17, 15) is 9.90 Å². The van der Waals surface area contributed by atoms with Crippen LogP contribution >= 0.6 is 23.2 Å². The third-order valence-electron chi connectivity index (χ3n) is 4.37. The van der Waals surface area contributed by atoms with Crippen LogP contribution in [-0.4, -0.2) is 15.9 Å². The van der Waals surface area contributed by atoms with Gasteiger partial charge in [0.15, 0.2) is 0 Å². The van der Waals surface area contributed by atoms with Crippen LogP contribution in [0.5, 0.6) is 0 Å². The zero-order chi connectivity index (χ0) is 19.7. The Hall–Kier alpha value is -3.08. The molecule has 0 aliphatic heterocycles. The van der Waals surface area contributed by atoms with Crippen LogP contribution in [0.25, 0.3) is 33.9 Å². The molecule has 1 heterocycles. The summed E-state index contributed by atoms with van der Waals surface area (Å²) in [7, 11) is 0. The molecule has 6 heteroatoms. The van der Waals surface area contributed by atoms with Crippen molar-refractivity contribution in [1.29, 1.82) is 0 Å². The molecule has 0 fully saturated rings. The lowest BCUT2D eigenvalue weighted by atomic mass is 10.1. The molecule has 0 aliphatic carbocycles. The summed E-state index contributed by atoms with van der Waals surface area (Å²) < 4.78 is 0. The van der Waals surface area contributed by atoms with Crippen molar-refractivity contribution < 1.29 is 9.90 Å². The van der Waals surface area contributed by atoms with Crippen LogP contribution in [0.1, 0.15) is 10.4 Å². The van der Waals surface area contributed by atoms with Crippen molar-refractivity contribution >= 4 is 29.2 Å². The van der Waals surface area contributed by atoms with Gasteiger partial charge >= 0.3 is 0 Å². The van der Waals surface area contributed by atoms with Crippen molar-refractivity contribution in [1.82, 2.24) is 9.97 Å². The van der Waals surface area contributed by atoms with Gasteiger partial charge in [-0.15, -0.1) is 0 Å². The number of nitrogens with zero attached hydrogens (tertiary/aromatic N) is 1. The van der Waals surface area contributed by atoms with Crippen molar-refractivity contribution in [2.45, 2.75) is 0 Å². The normalized spacial score (nSPS) is 10.8. The molecule has 3 aromatic carbocycles. The van der Waals surface area contributed by atoms with Gasteiger partial charge in [0.05, 0.1) is 27.4 Å². The summed E-state index contributed by atoms with van der Waals surface area (Å²) in [6, 6.07) is 21.5. The number of hydrogen-bond donors (Lipinski definition) is 1. The lowest BCUT2D eigenvalue weighted by Gasteiger charge is -2.06. The Labute approximate surface area is 171 Å². The topological polar surface area (TPSA) is 68.8 Å². The lowest BCUT2D eigenvalue weighted by Crippen LogP contribution is -2.21. The van der Waals surface area contributed by atoms with Crippen molar-refractivity contribution in [2.24, 2.45) is 0 Å². The molecule has 0 saturated carbocycles. The zero-order valence-electron chi connectivity index (χ0n) is 14.4. The Morgan fingerprint density at radius 1 is 0.857 bits per heavy atom. The lowest BCUT2D eigenvalue weighted by molar-refractivity contribution is -0.255. The van der Waals surface area contributed by atoms with Gasteiger partial charge in [-0.1, -0.05) is 89.9 Å². The van der Waals surface area contributed by atoms with Crippen molar-refractivity contribution in [3.05, 3.63) is 88.4 Å². The number of carbonyl (C=O) groups excluding carboxylic acids is 1. The molecule has 0 aliphatic rings. The predicted octanol–water partition coefficient (Wildman–Crippen LogP) is 5.08. The number of carbonyl (C=O) groups is 1. The van der Waals surface area contributed by atoms with Gasteiger partial charge < -0.3 is 14.9 Å². The first-order valence-corrected chi connectivity index (χ1v) is 9.22. The summed E-state index contributed by atoms with van der Waals surface area (Å²) in [5.74, 6) is -0.628. The first kappa shape index (κ1) is 18.3. The SMILES string of the molecule is O=C([O-])c1ccc(-c2nc(-c3ccccc3)c(-c3cccc(Cl)c3Cl)[nH]2)cc1. The molecule has 1 aromatic heterocycles. The third kappa shape index (κ3) is 3.40. The molecule has 4 rings (SSSR count). The number of rotatable bonds is 4. The number of nitrogens with one attached hydrogen (secondary N) is 1. The highest BCUT2D eigenvalue weighted by Crippen LogP contribution is 2.38. The predicted molar refractivity (Wildman–Crippen MR) is 109 cm³/mol. The molecule has 4 aromatic rings. The van der Waals surface area contributed by atoms with E-state index in [0.29, 0.717) is 15.9 Å². The van der Waals surface area contributed by atoms with Gasteiger partial charge in [0.25, 0.3) is 0 Å². The molecule has 4 nitrogen and oxygen atoms in total. The van der Waals surface area contributed by atoms with E-state index in [1.54, 1.807) is 18.2 Å². The number of benzene rings is 3. The van der Waals surface area contributed by atoms with Gasteiger partial charge in [-0.2, -0.15) is 0 Å². The Bertz CT molecular complexity index is 1150. The standard InChI is InChI=1S/C22H14Cl2N2O2/c23-17-8-4-7-16(18(17)24)20-19(13-5-2-1-3-6-13)25-21(26-20)14-9-11-15(12-10-14)22(27)28/h1-12H,(H,25,26)(H,27,28)/p-1. The smallest absolute Gasteiger partial charge is 0.138 e. The second-order valence-electron chi connectivity index (χ2n) is 6.14. The monoisotopic (exact) mass is 407 g/mol. The van der Waals surface area contributed by atoms with Gasteiger partial charge in [0.2, 0.25) is 0 Å². The fourth-order valence-corrected chi connectivity index (χ4v) is 3.37. The molecule has 0 unspecified atom stereocenters. The quantitative estimate of drug-likeness (QED) is 0.512. The number of imidazole rings is 1. The minimum absolute atomic E-state index is 0.108. The first-order chi connectivity index (χ1) is 13.5. The summed E-state index contributed by atoms with van der Waals surface area (Å²) in [6.07, 6.45) is 0. The minimum atomic E-state index is -1.22. The zero-order valence-corrected chi connectivity index (χ0v) is 16.0. The van der Waals surface area contributed by atoms with Crippen molar-refractivity contribution in [3.63, 3.8) is 0 Å². The van der Waals surface area contributed by atoms with Gasteiger partial charge in [0, 0.05) is 16.7 Å². The second kappa shape index (κ2) is 7.50. The number of aromatic carboxylic acids is 1. The summed E-state index contributed by atoms with van der Waals surface area (Å²) in [5, 5.41) is 11.9. The van der Waals surface area contributed by atoms with E-state index < -0.39 is 5.97 Å². The second-order valence-corrected chi connectivity index (χ2v) is 6.93. The van der Waals surface area contributed by atoms with E-state index in [4.69, 9.17) is 28.2 Å². The van der Waals surface area contributed by atoms with Crippen LogP contribution in [0.4, 0.5) is 0 Å². The van der Waals surface area contributed by atoms with Crippen LogP contribution in [0.15, 0.2) is 72.8 Å². The maximum atomic E-state index is 11.0. The van der Waals surface area contributed by atoms with Crippen LogP contribution in [0.2, 0.25) is 10.0 Å². The van der Waals surface area contributed by atoms with Crippen molar-refractivity contribution in [2.75, 3.05) is 0 Å². The van der Waals surface area contributed by atoms with Gasteiger partial charge in [0.1, 0.15) is 5.82 Å². The molecular formula is C22H13Cl2N2O2-. The van der Waals surface area contributed by atoms with Gasteiger partial charge in [-0.3, -0.25) is 0 Å². The van der Waals surface area contributed by atoms with E-state index in [2.05, 4.69) is 4.98 Å². The molecule has 0 saturated heterocycles. The third-order valence-corrected chi connectivity index (χ3v) is 5.18. The molecule has 0 amide bonds. The largest absolute Gasteiger partial charge is 0.545 e. The summed E-state index contributed by atoms with van der Waals surface area (Å²) >= 11 is 12.7. The molecule has 1 N–H and O–H groups in total. The highest BCUT2D eigenvalue weighted by atomic mass is 35.5. The number of halogens is 2. The van der Waals surface area contributed by atoms with E-state index in [0.717, 1.165) is 28.1 Å². The number of aromatic amines is 1. The Morgan fingerprint density at radius 2 is 1.57 bits per heavy atom. The summed E-state index contributed by atoms with van der Waals surface area (Å²) in [6.45, 7) is 0. The van der Waals surface area contributed by atoms with Crippen molar-refractivity contribution in [3.8, 4) is 33.9 Å². The Kier molecular flexibility index (Phi) is 4.90. The average Bonchev–Trinajstić information content (AvgIpc) is 3.16. The van der Waals surface area contributed by atoms with Gasteiger partial charge in [-0.05, 0) is 11.6 Å². The summed E-state index contributed by atoms with van der Waals surface area (Å²) in [4.78, 5) is 19.0. The molecule has 0 radical (unpaired) electrons. The van der Waals surface area contributed by atoms with Crippen LogP contribution in [0, 0.1) is 0 Å². The van der Waals surface area contributed by atoms with Crippen LogP contribution in [0.3, 0.4) is 0 Å². The van der Waals surface area contributed by atoms with E-state index in [1.807, 2.05) is 42.5 Å². The molecule has 0 spiro atoms. The van der Waals surface area contributed by atoms with E-state index >= 15 is 0 Å². The maximum absolute atomic E-state index is 11.0. The molecule has 0 atom stereocenters. The number of hydrogen-bond acceptors (Lipinski definition) is 3. The number of aromatic nitrogens is 2. The minimum Gasteiger partial charge on any atom is -0.545 e. The fourth-order valence-electron chi connectivity index (χ4n) is 2.97. The number of carboxylic acids is 1. The Balaban J connectivity index is 1.90. The highest BCUT2D eigenvalue weighted by molar-refractivity contribution is 6.43. The molecular weight excluding hydrogens is 395 g/mol.